The number of benzene rings is 1. The average molecular weight is 334 g/mol. The van der Waals surface area contributed by atoms with Crippen molar-refractivity contribution in [3.05, 3.63) is 73.5 Å². The number of nitro benzene ring substituents is 1. The van der Waals surface area contributed by atoms with Crippen LogP contribution in [0.15, 0.2) is 42.1 Å². The van der Waals surface area contributed by atoms with Crippen molar-refractivity contribution in [2.45, 2.75) is 5.92 Å². The molecule has 10 heteroatoms. The highest BCUT2D eigenvalue weighted by molar-refractivity contribution is 5.91. The number of allylic oxidation sites excluding steroid dienone is 2. The maximum Gasteiger partial charge on any atom is 0.336 e. The van der Waals surface area contributed by atoms with Gasteiger partial charge in [0.2, 0.25) is 0 Å². The van der Waals surface area contributed by atoms with E-state index in [1.54, 1.807) is 0 Å². The normalized spacial score (nSPS) is 19.4. The Morgan fingerprint density at radius 1 is 1.08 bits per heavy atom. The second kappa shape index (κ2) is 6.28. The molecule has 0 radical (unpaired) electrons. The Bertz CT molecular complexity index is 811. The van der Waals surface area contributed by atoms with Crippen LogP contribution in [0, 0.1) is 26.1 Å². The maximum absolute atomic E-state index is 11.4. The summed E-state index contributed by atoms with van der Waals surface area (Å²) in [7, 11) is 0. The molecule has 2 N–H and O–H groups in total. The molecule has 0 fully saturated rings. The van der Waals surface area contributed by atoms with E-state index in [0.717, 1.165) is 30.4 Å². The molecule has 1 aliphatic carbocycles. The highest BCUT2D eigenvalue weighted by Crippen LogP contribution is 2.35. The van der Waals surface area contributed by atoms with Gasteiger partial charge in [0.15, 0.2) is 0 Å². The summed E-state index contributed by atoms with van der Waals surface area (Å²) in [6, 6.07) is 3.04. The number of hydrogen-bond donors (Lipinski definition) is 2. The fourth-order valence-electron chi connectivity index (χ4n) is 2.44. The second-order valence-electron chi connectivity index (χ2n) is 4.93. The van der Waals surface area contributed by atoms with Gasteiger partial charge in [-0.25, -0.2) is 4.79 Å². The average Bonchev–Trinajstić information content (AvgIpc) is 2.53. The predicted molar refractivity (Wildman–Crippen MR) is 78.1 cm³/mol. The molecule has 0 heterocycles. The maximum atomic E-state index is 11.4. The fraction of sp³-hybridized carbons (Fsp3) is 0.143. The summed E-state index contributed by atoms with van der Waals surface area (Å²) in [6.45, 7) is 0. The van der Waals surface area contributed by atoms with Crippen molar-refractivity contribution < 1.29 is 29.6 Å². The van der Waals surface area contributed by atoms with E-state index in [9.17, 15) is 40.0 Å². The van der Waals surface area contributed by atoms with Crippen LogP contribution in [-0.4, -0.2) is 32.0 Å². The van der Waals surface area contributed by atoms with Crippen molar-refractivity contribution in [2.75, 3.05) is 0 Å². The molecule has 124 valence electrons. The summed E-state index contributed by atoms with van der Waals surface area (Å²) in [4.78, 5) is 42.8. The van der Waals surface area contributed by atoms with E-state index in [2.05, 4.69) is 0 Å². The van der Waals surface area contributed by atoms with Crippen LogP contribution in [-0.2, 0) is 4.79 Å². The van der Waals surface area contributed by atoms with Crippen LogP contribution in [0.4, 0.5) is 5.69 Å². The van der Waals surface area contributed by atoms with E-state index in [0.29, 0.717) is 0 Å². The number of aliphatic carboxylic acids is 1. The minimum atomic E-state index is -1.46. The van der Waals surface area contributed by atoms with E-state index in [-0.39, 0.29) is 5.56 Å². The monoisotopic (exact) mass is 334 g/mol. The zero-order valence-electron chi connectivity index (χ0n) is 11.9. The zero-order valence-corrected chi connectivity index (χ0v) is 11.9. The van der Waals surface area contributed by atoms with E-state index < -0.39 is 50.6 Å². The minimum Gasteiger partial charge on any atom is -0.481 e. The first-order chi connectivity index (χ1) is 11.2. The number of rotatable bonds is 5. The lowest BCUT2D eigenvalue weighted by molar-refractivity contribution is -0.419. The fourth-order valence-corrected chi connectivity index (χ4v) is 2.44. The Hall–Kier alpha value is -3.56. The summed E-state index contributed by atoms with van der Waals surface area (Å²) < 4.78 is 0. The molecule has 0 amide bonds. The van der Waals surface area contributed by atoms with Gasteiger partial charge in [-0.2, -0.15) is 0 Å². The molecule has 24 heavy (non-hydrogen) atoms. The van der Waals surface area contributed by atoms with Gasteiger partial charge in [0.1, 0.15) is 0 Å². The van der Waals surface area contributed by atoms with Gasteiger partial charge in [-0.3, -0.25) is 25.0 Å². The topological polar surface area (TPSA) is 161 Å². The molecular formula is C14H10N2O8. The lowest BCUT2D eigenvalue weighted by Gasteiger charge is -2.22. The molecule has 1 aromatic rings. The molecule has 0 aromatic heterocycles. The minimum absolute atomic E-state index is 0.0235. The summed E-state index contributed by atoms with van der Waals surface area (Å²) in [5.74, 6) is -5.21. The number of nitro groups is 2. The first-order valence-corrected chi connectivity index (χ1v) is 6.51. The lowest BCUT2D eigenvalue weighted by atomic mass is 9.80. The molecule has 1 aromatic carbocycles. The van der Waals surface area contributed by atoms with Crippen molar-refractivity contribution in [3.63, 3.8) is 0 Å². The highest BCUT2D eigenvalue weighted by Gasteiger charge is 2.34. The van der Waals surface area contributed by atoms with Gasteiger partial charge in [-0.1, -0.05) is 12.1 Å². The van der Waals surface area contributed by atoms with Crippen LogP contribution in [0.25, 0.3) is 0 Å². The third kappa shape index (κ3) is 3.11. The van der Waals surface area contributed by atoms with Gasteiger partial charge in [-0.05, 0) is 5.56 Å². The van der Waals surface area contributed by atoms with Crippen molar-refractivity contribution in [2.24, 2.45) is 5.92 Å². The number of aromatic carboxylic acids is 1. The first kappa shape index (κ1) is 16.8. The third-order valence-corrected chi connectivity index (χ3v) is 3.54. The van der Waals surface area contributed by atoms with Crippen LogP contribution in [0.2, 0.25) is 0 Å². The van der Waals surface area contributed by atoms with Crippen molar-refractivity contribution in [1.29, 1.82) is 0 Å². The Morgan fingerprint density at radius 2 is 1.75 bits per heavy atom. The highest BCUT2D eigenvalue weighted by atomic mass is 16.6. The predicted octanol–water partition coefficient (Wildman–Crippen LogP) is 1.81. The smallest absolute Gasteiger partial charge is 0.336 e. The van der Waals surface area contributed by atoms with E-state index in [1.165, 1.54) is 6.08 Å². The summed E-state index contributed by atoms with van der Waals surface area (Å²) in [5.41, 5.74) is -1.28. The molecule has 2 unspecified atom stereocenters. The largest absolute Gasteiger partial charge is 0.481 e. The van der Waals surface area contributed by atoms with Gasteiger partial charge < -0.3 is 10.2 Å². The van der Waals surface area contributed by atoms with E-state index in [1.807, 2.05) is 0 Å². The second-order valence-corrected chi connectivity index (χ2v) is 4.93. The molecule has 2 rings (SSSR count). The van der Waals surface area contributed by atoms with Crippen molar-refractivity contribution in [1.82, 2.24) is 0 Å². The van der Waals surface area contributed by atoms with Crippen LogP contribution in [0.1, 0.15) is 21.8 Å². The molecular weight excluding hydrogens is 324 g/mol. The summed E-state index contributed by atoms with van der Waals surface area (Å²) in [5, 5.41) is 40.1. The van der Waals surface area contributed by atoms with Crippen LogP contribution >= 0.6 is 0 Å². The molecule has 0 bridgehead atoms. The number of carboxylic acids is 2. The first-order valence-electron chi connectivity index (χ1n) is 6.51. The zero-order chi connectivity index (χ0) is 18.0. The molecule has 0 saturated heterocycles. The number of non-ortho nitro benzene ring substituents is 1. The molecule has 2 atom stereocenters. The summed E-state index contributed by atoms with van der Waals surface area (Å²) in [6.07, 6.45) is 3.21. The van der Waals surface area contributed by atoms with Gasteiger partial charge in [0, 0.05) is 30.2 Å². The number of hydrogen-bond acceptors (Lipinski definition) is 6. The van der Waals surface area contributed by atoms with E-state index in [4.69, 9.17) is 0 Å². The Balaban J connectivity index is 2.56. The quantitative estimate of drug-likeness (QED) is 0.608. The van der Waals surface area contributed by atoms with Crippen molar-refractivity contribution >= 4 is 17.6 Å². The Morgan fingerprint density at radius 3 is 2.25 bits per heavy atom. The van der Waals surface area contributed by atoms with Gasteiger partial charge in [0.05, 0.1) is 21.3 Å². The summed E-state index contributed by atoms with van der Waals surface area (Å²) >= 11 is 0. The van der Waals surface area contributed by atoms with Crippen LogP contribution in [0.5, 0.6) is 0 Å². The van der Waals surface area contributed by atoms with E-state index >= 15 is 0 Å². The van der Waals surface area contributed by atoms with Gasteiger partial charge in [-0.15, -0.1) is 0 Å². The number of carboxylic acid groups (broad SMARTS) is 2. The Kier molecular flexibility index (Phi) is 4.40. The molecule has 10 nitrogen and oxygen atoms in total. The van der Waals surface area contributed by atoms with Crippen LogP contribution < -0.4 is 0 Å². The van der Waals surface area contributed by atoms with Crippen LogP contribution in [0.3, 0.4) is 0 Å². The molecule has 0 saturated carbocycles. The molecule has 0 spiro atoms. The third-order valence-electron chi connectivity index (χ3n) is 3.54. The number of nitrogens with zero attached hydrogens (tertiary/aromatic N) is 2. The number of carbonyl (C=O) groups is 2. The standard InChI is InChI=1S/C14H10N2O8/c17-13(18)11-5-7(15(21)22)1-3-9(11)10-4-2-8(16(23)24)6-12(10)14(19)20/h1-6,9,11H,(H,17,18)(H,19,20). The van der Waals surface area contributed by atoms with Gasteiger partial charge >= 0.3 is 11.9 Å². The molecule has 0 aliphatic heterocycles. The molecule has 1 aliphatic rings. The van der Waals surface area contributed by atoms with Crippen molar-refractivity contribution in [3.8, 4) is 0 Å². The lowest BCUT2D eigenvalue weighted by Crippen LogP contribution is -2.24. The van der Waals surface area contributed by atoms with Gasteiger partial charge in [0.25, 0.3) is 11.4 Å². The SMILES string of the molecule is O=C(O)c1cc([N+](=O)[O-])ccc1C1C=CC([N+](=O)[O-])=CC1C(=O)O. The Labute approximate surface area is 133 Å².